The molecule has 5 aliphatic rings. The Morgan fingerprint density at radius 1 is 0.946 bits per heavy atom. The lowest BCUT2D eigenvalue weighted by atomic mass is 9.77. The van der Waals surface area contributed by atoms with Crippen LogP contribution in [0.4, 0.5) is 19.4 Å². The third-order valence-corrected chi connectivity index (χ3v) is 16.8. The number of aryl methyl sites for hydroxylation is 1. The van der Waals surface area contributed by atoms with E-state index >= 15 is 8.78 Å². The van der Waals surface area contributed by atoms with Crippen LogP contribution in [-0.4, -0.2) is 114 Å². The number of carbonyl (C=O) groups is 4. The van der Waals surface area contributed by atoms with Crippen LogP contribution in [0.15, 0.2) is 66.7 Å². The minimum atomic E-state index is -1.10. The molecule has 4 fully saturated rings. The number of carbonyl (C=O) groups excluding carboxylic acids is 4. The number of urea groups is 1. The predicted molar refractivity (Wildman–Crippen MR) is 277 cm³/mol. The van der Waals surface area contributed by atoms with Crippen molar-refractivity contribution < 1.29 is 42.5 Å². The van der Waals surface area contributed by atoms with Gasteiger partial charge in [-0.05, 0) is 119 Å². The third-order valence-electron chi connectivity index (χ3n) is 16.5. The van der Waals surface area contributed by atoms with Crippen molar-refractivity contribution >= 4 is 52.1 Å². The van der Waals surface area contributed by atoms with Gasteiger partial charge in [-0.15, -0.1) is 0 Å². The number of aromatic nitrogens is 2. The fourth-order valence-corrected chi connectivity index (χ4v) is 12.6. The standard InChI is InChI=1S/C56H65ClF2N8O7/c1-3-67-43-29-37(11-14-40(43)53(63-67)66-26-21-46(69)62-55(66)72)35-19-22-64(23-20-35)31-34-17-24-65(25-18-34)54(71)36-9-12-39(13-10-36)61-32-56(38-7-5-4-6-8-38)33(2)47-45(74-56)30-42(58)50(57)49(47)48-41(52(60)70)15-16-44(51(48)59)73-28-27-68/h4-8,11,14-16,29-30,33-36,39,61,68H,3,9-10,12-13,17-28,31-32H2,1-2H3,(H2,60,70)(H,62,69,72)/t33-,36?,39?,56-/m0/s1. The summed E-state index contributed by atoms with van der Waals surface area (Å²) in [5, 5.41) is 20.8. The summed E-state index contributed by atoms with van der Waals surface area (Å²) in [6.45, 7) is 9.28. The molecule has 0 radical (unpaired) electrons. The molecule has 392 valence electrons. The molecule has 1 aliphatic carbocycles. The first-order valence-corrected chi connectivity index (χ1v) is 26.6. The van der Waals surface area contributed by atoms with Gasteiger partial charge in [0.25, 0.3) is 0 Å². The van der Waals surface area contributed by atoms with Gasteiger partial charge in [0.15, 0.2) is 23.0 Å². The lowest BCUT2D eigenvalue weighted by Crippen LogP contribution is -2.49. The number of fused-ring (bicyclic) bond motifs is 2. The number of amides is 5. The number of hydrogen-bond acceptors (Lipinski definition) is 10. The van der Waals surface area contributed by atoms with Crippen molar-refractivity contribution in [3.8, 4) is 22.6 Å². The zero-order chi connectivity index (χ0) is 51.8. The van der Waals surface area contributed by atoms with E-state index in [-0.39, 0.29) is 71.6 Å². The maximum absolute atomic E-state index is 16.5. The highest BCUT2D eigenvalue weighted by atomic mass is 35.5. The molecule has 0 unspecified atom stereocenters. The van der Waals surface area contributed by atoms with Gasteiger partial charge >= 0.3 is 6.03 Å². The summed E-state index contributed by atoms with van der Waals surface area (Å²) in [6, 6.07) is 19.5. The Kier molecular flexibility index (Phi) is 15.0. The number of aliphatic hydroxyl groups excluding tert-OH is 1. The average Bonchev–Trinajstić information content (AvgIpc) is 3.93. The van der Waals surface area contributed by atoms with Crippen LogP contribution in [0, 0.1) is 23.5 Å². The largest absolute Gasteiger partial charge is 0.488 e. The molecule has 0 spiro atoms. The number of ether oxygens (including phenoxy) is 2. The zero-order valence-corrected chi connectivity index (χ0v) is 42.8. The lowest BCUT2D eigenvalue weighted by molar-refractivity contribution is -0.138. The van der Waals surface area contributed by atoms with Crippen molar-refractivity contribution in [2.75, 3.05) is 63.9 Å². The molecule has 5 N–H and O–H groups in total. The van der Waals surface area contributed by atoms with Crippen molar-refractivity contribution in [2.45, 2.75) is 102 Å². The van der Waals surface area contributed by atoms with Gasteiger partial charge in [-0.1, -0.05) is 54.9 Å². The maximum atomic E-state index is 16.5. The molecular formula is C56H65ClF2N8O7. The summed E-state index contributed by atoms with van der Waals surface area (Å²) >= 11 is 6.73. The second kappa shape index (κ2) is 21.6. The highest BCUT2D eigenvalue weighted by Gasteiger charge is 2.50. The van der Waals surface area contributed by atoms with Crippen LogP contribution in [0.3, 0.4) is 0 Å². The van der Waals surface area contributed by atoms with Crippen LogP contribution in [0.25, 0.3) is 22.0 Å². The molecule has 10 rings (SSSR count). The van der Waals surface area contributed by atoms with E-state index in [1.54, 1.807) is 4.90 Å². The quantitative estimate of drug-likeness (QED) is 0.0797. The summed E-state index contributed by atoms with van der Waals surface area (Å²) in [7, 11) is 0. The van der Waals surface area contributed by atoms with Crippen molar-refractivity contribution in [2.24, 2.45) is 17.6 Å². The number of nitrogens with one attached hydrogen (secondary N) is 2. The second-order valence-electron chi connectivity index (χ2n) is 20.7. The van der Waals surface area contributed by atoms with Crippen molar-refractivity contribution in [3.05, 3.63) is 106 Å². The van der Waals surface area contributed by atoms with Crippen LogP contribution in [0.1, 0.15) is 111 Å². The minimum absolute atomic E-state index is 0.0477. The number of likely N-dealkylation sites (tertiary alicyclic amines) is 2. The first-order valence-electron chi connectivity index (χ1n) is 26.3. The van der Waals surface area contributed by atoms with E-state index in [9.17, 15) is 24.3 Å². The number of piperidine rings is 2. The minimum Gasteiger partial charge on any atom is -0.488 e. The van der Waals surface area contributed by atoms with Crippen LogP contribution in [-0.2, 0) is 21.7 Å². The number of imide groups is 1. The molecule has 1 saturated carbocycles. The van der Waals surface area contributed by atoms with Crippen molar-refractivity contribution in [1.82, 2.24) is 30.2 Å². The number of hydrogen-bond donors (Lipinski definition) is 4. The average molecular weight is 1040 g/mol. The number of anilines is 1. The van der Waals surface area contributed by atoms with E-state index in [4.69, 9.17) is 31.9 Å². The van der Waals surface area contributed by atoms with Crippen LogP contribution in [0.5, 0.6) is 11.5 Å². The Hall–Kier alpha value is -6.14. The molecule has 4 aliphatic heterocycles. The second-order valence-corrected chi connectivity index (χ2v) is 21.1. The zero-order valence-electron chi connectivity index (χ0n) is 42.0. The number of nitrogens with two attached hydrogens (primary N) is 1. The Morgan fingerprint density at radius 3 is 2.38 bits per heavy atom. The van der Waals surface area contributed by atoms with Gasteiger partial charge in [0, 0.05) is 91.7 Å². The molecule has 5 amide bonds. The molecule has 74 heavy (non-hydrogen) atoms. The molecule has 3 saturated heterocycles. The fraction of sp³-hybridized carbons (Fsp3) is 0.482. The SMILES string of the molecule is CCn1nc(N2CCC(=O)NC2=O)c2ccc(C3CCN(CC4CCN(C(=O)C5CCC(NC[C@]6(c7ccccc7)Oc7cc(F)c(Cl)c(-c8c(C(N)=O)ccc(OCCO)c8F)c7[C@@H]6C)CC5)CC4)CC3)cc21. The van der Waals surface area contributed by atoms with Crippen molar-refractivity contribution in [3.63, 3.8) is 0 Å². The molecular weight excluding hydrogens is 970 g/mol. The number of primary amides is 1. The smallest absolute Gasteiger partial charge is 0.329 e. The van der Waals surface area contributed by atoms with Crippen LogP contribution in [0.2, 0.25) is 5.02 Å². The highest BCUT2D eigenvalue weighted by molar-refractivity contribution is 6.34. The van der Waals surface area contributed by atoms with E-state index in [2.05, 4.69) is 38.6 Å². The molecule has 5 aromatic rings. The van der Waals surface area contributed by atoms with Gasteiger partial charge in [0.2, 0.25) is 17.7 Å². The molecule has 15 nitrogen and oxygen atoms in total. The van der Waals surface area contributed by atoms with Gasteiger partial charge in [-0.2, -0.15) is 5.10 Å². The summed E-state index contributed by atoms with van der Waals surface area (Å²) in [5.41, 5.74) is 7.62. The predicted octanol–water partition coefficient (Wildman–Crippen LogP) is 8.23. The normalized spacial score (nSPS) is 23.0. The topological polar surface area (TPSA) is 185 Å². The fourth-order valence-electron chi connectivity index (χ4n) is 12.4. The van der Waals surface area contributed by atoms with Gasteiger partial charge in [-0.3, -0.25) is 29.3 Å². The Morgan fingerprint density at radius 2 is 1.69 bits per heavy atom. The monoisotopic (exact) mass is 1030 g/mol. The number of benzene rings is 4. The van der Waals surface area contributed by atoms with Gasteiger partial charge in [0.1, 0.15) is 18.2 Å². The van der Waals surface area contributed by atoms with Crippen LogP contribution >= 0.6 is 11.6 Å². The van der Waals surface area contributed by atoms with E-state index in [1.807, 2.05) is 48.9 Å². The Labute approximate surface area is 434 Å². The van der Waals surface area contributed by atoms with Gasteiger partial charge in [0.05, 0.1) is 22.7 Å². The Balaban J connectivity index is 0.732. The maximum Gasteiger partial charge on any atom is 0.329 e. The number of nitrogens with zero attached hydrogens (tertiary/aromatic N) is 5. The van der Waals surface area contributed by atoms with Gasteiger partial charge < -0.3 is 35.4 Å². The first-order chi connectivity index (χ1) is 35.8. The van der Waals surface area contributed by atoms with E-state index in [0.717, 1.165) is 101 Å². The summed E-state index contributed by atoms with van der Waals surface area (Å²) in [4.78, 5) is 57.5. The van der Waals surface area contributed by atoms with E-state index in [1.165, 1.54) is 23.8 Å². The van der Waals surface area contributed by atoms with E-state index in [0.29, 0.717) is 42.9 Å². The van der Waals surface area contributed by atoms with E-state index < -0.39 is 40.1 Å². The molecule has 1 aromatic heterocycles. The first kappa shape index (κ1) is 51.4. The molecule has 18 heteroatoms. The Bertz CT molecular complexity index is 2930. The number of aliphatic hydroxyl groups is 1. The molecule has 5 heterocycles. The third kappa shape index (κ3) is 9.83. The molecule has 0 bridgehead atoms. The summed E-state index contributed by atoms with van der Waals surface area (Å²) in [5.74, 6) is -1.91. The molecule has 2 atom stereocenters. The molecule has 4 aromatic carbocycles. The lowest BCUT2D eigenvalue weighted by Gasteiger charge is -2.40. The van der Waals surface area contributed by atoms with Crippen LogP contribution < -0.4 is 30.7 Å². The number of halogens is 3. The summed E-state index contributed by atoms with van der Waals surface area (Å²) in [6.07, 6.45) is 7.42. The highest BCUT2D eigenvalue weighted by Crippen LogP contribution is 2.56. The van der Waals surface area contributed by atoms with Crippen molar-refractivity contribution in [1.29, 1.82) is 0 Å². The summed E-state index contributed by atoms with van der Waals surface area (Å²) < 4.78 is 46.6. The van der Waals surface area contributed by atoms with Gasteiger partial charge in [-0.25, -0.2) is 13.6 Å². The number of rotatable bonds is 15.